The van der Waals surface area contributed by atoms with E-state index in [2.05, 4.69) is 26.1 Å². The van der Waals surface area contributed by atoms with Crippen molar-refractivity contribution < 1.29 is 4.74 Å². The summed E-state index contributed by atoms with van der Waals surface area (Å²) >= 11 is 1.88. The fourth-order valence-corrected chi connectivity index (χ4v) is 4.18. The summed E-state index contributed by atoms with van der Waals surface area (Å²) in [6.07, 6.45) is 4.80. The highest BCUT2D eigenvalue weighted by atomic mass is 32.1. The molecule has 0 aromatic carbocycles. The number of methoxy groups -OCH3 is 1. The Bertz CT molecular complexity index is 414. The predicted octanol–water partition coefficient (Wildman–Crippen LogP) is 3.27. The Morgan fingerprint density at radius 2 is 2.16 bits per heavy atom. The number of rotatable bonds is 8. The zero-order valence-corrected chi connectivity index (χ0v) is 13.4. The van der Waals surface area contributed by atoms with Crippen molar-refractivity contribution in [1.82, 2.24) is 10.3 Å². The van der Waals surface area contributed by atoms with Crippen LogP contribution in [0.5, 0.6) is 0 Å². The van der Waals surface area contributed by atoms with Gasteiger partial charge in [0.1, 0.15) is 5.01 Å². The number of nitrogens with zero attached hydrogens (tertiary/aromatic N) is 1. The maximum Gasteiger partial charge on any atom is 0.114 e. The number of nitrogens with one attached hydrogen (secondary N) is 1. The summed E-state index contributed by atoms with van der Waals surface area (Å²) in [5, 5.41) is 5.04. The molecule has 1 aliphatic rings. The van der Waals surface area contributed by atoms with E-state index in [4.69, 9.17) is 9.72 Å². The van der Waals surface area contributed by atoms with Gasteiger partial charge in [-0.25, -0.2) is 4.98 Å². The second kappa shape index (κ2) is 6.33. The van der Waals surface area contributed by atoms with Gasteiger partial charge in [0.2, 0.25) is 0 Å². The molecule has 1 atom stereocenters. The van der Waals surface area contributed by atoms with Crippen molar-refractivity contribution >= 4 is 11.3 Å². The van der Waals surface area contributed by atoms with Crippen molar-refractivity contribution in [2.24, 2.45) is 5.92 Å². The van der Waals surface area contributed by atoms with Gasteiger partial charge in [0.15, 0.2) is 0 Å². The molecule has 1 aliphatic carbocycles. The van der Waals surface area contributed by atoms with Gasteiger partial charge in [-0.1, -0.05) is 13.8 Å². The molecule has 19 heavy (non-hydrogen) atoms. The molecule has 1 fully saturated rings. The average Bonchev–Trinajstić information content (AvgIpc) is 3.19. The quantitative estimate of drug-likeness (QED) is 0.743. The predicted molar refractivity (Wildman–Crippen MR) is 80.8 cm³/mol. The Balaban J connectivity index is 2.24. The molecule has 2 rings (SSSR count). The van der Waals surface area contributed by atoms with Gasteiger partial charge >= 0.3 is 0 Å². The summed E-state index contributed by atoms with van der Waals surface area (Å²) in [4.78, 5) is 6.31. The lowest BCUT2D eigenvalue weighted by Gasteiger charge is -2.32. The molecular formula is C15H26N2OS. The third kappa shape index (κ3) is 3.01. The van der Waals surface area contributed by atoms with Gasteiger partial charge in [-0.05, 0) is 38.5 Å². The Morgan fingerprint density at radius 1 is 1.42 bits per heavy atom. The van der Waals surface area contributed by atoms with Crippen LogP contribution in [0.15, 0.2) is 0 Å². The van der Waals surface area contributed by atoms with Crippen molar-refractivity contribution in [3.05, 3.63) is 15.6 Å². The Labute approximate surface area is 120 Å². The van der Waals surface area contributed by atoms with Crippen LogP contribution in [0.25, 0.3) is 0 Å². The van der Waals surface area contributed by atoms with Crippen molar-refractivity contribution in [3.8, 4) is 0 Å². The molecule has 0 amide bonds. The van der Waals surface area contributed by atoms with Gasteiger partial charge in [-0.15, -0.1) is 11.3 Å². The van der Waals surface area contributed by atoms with E-state index in [0.29, 0.717) is 0 Å². The molecule has 0 aliphatic heterocycles. The largest absolute Gasteiger partial charge is 0.383 e. The van der Waals surface area contributed by atoms with Crippen LogP contribution in [0.4, 0.5) is 0 Å². The first-order valence-corrected chi connectivity index (χ1v) is 8.20. The minimum absolute atomic E-state index is 0.0847. The minimum Gasteiger partial charge on any atom is -0.383 e. The van der Waals surface area contributed by atoms with Gasteiger partial charge in [-0.3, -0.25) is 0 Å². The number of hydrogen-bond acceptors (Lipinski definition) is 4. The molecule has 1 heterocycles. The number of hydrogen-bond donors (Lipinski definition) is 1. The van der Waals surface area contributed by atoms with Crippen LogP contribution in [0.3, 0.4) is 0 Å². The highest BCUT2D eigenvalue weighted by Gasteiger charge is 2.47. The van der Waals surface area contributed by atoms with Crippen molar-refractivity contribution in [2.75, 3.05) is 20.3 Å². The lowest BCUT2D eigenvalue weighted by molar-refractivity contribution is 0.174. The van der Waals surface area contributed by atoms with Crippen LogP contribution in [-0.4, -0.2) is 25.2 Å². The number of ether oxygens (including phenoxy) is 1. The second-order valence-electron chi connectivity index (χ2n) is 5.39. The summed E-state index contributed by atoms with van der Waals surface area (Å²) in [6, 6.07) is 0. The molecule has 0 radical (unpaired) electrons. The van der Waals surface area contributed by atoms with E-state index in [0.717, 1.165) is 31.9 Å². The highest BCUT2D eigenvalue weighted by molar-refractivity contribution is 7.11. The highest BCUT2D eigenvalue weighted by Crippen LogP contribution is 2.49. The Kier molecular flexibility index (Phi) is 4.98. The number of aryl methyl sites for hydroxylation is 2. The summed E-state index contributed by atoms with van der Waals surface area (Å²) in [7, 11) is 1.76. The molecule has 108 valence electrons. The molecule has 0 spiro atoms. The van der Waals surface area contributed by atoms with Crippen LogP contribution in [-0.2, 0) is 16.7 Å². The topological polar surface area (TPSA) is 34.2 Å². The lowest BCUT2D eigenvalue weighted by Crippen LogP contribution is -2.45. The molecule has 1 aromatic rings. The SMILES string of the molecule is CCc1nc(C(CC)(NCCOC)C2CC2)sc1C. The standard InChI is InChI=1S/C15H26N2OS/c1-5-13-11(3)19-14(17-13)15(6-2,12-7-8-12)16-9-10-18-4/h12,16H,5-10H2,1-4H3. The minimum atomic E-state index is 0.0847. The zero-order chi connectivity index (χ0) is 13.9. The first-order valence-electron chi connectivity index (χ1n) is 7.38. The molecule has 1 N–H and O–H groups in total. The molecule has 1 aromatic heterocycles. The molecule has 0 bridgehead atoms. The van der Waals surface area contributed by atoms with Crippen LogP contribution >= 0.6 is 11.3 Å². The average molecular weight is 282 g/mol. The van der Waals surface area contributed by atoms with Gasteiger partial charge in [0.05, 0.1) is 17.8 Å². The number of thiazole rings is 1. The molecular weight excluding hydrogens is 256 g/mol. The van der Waals surface area contributed by atoms with Gasteiger partial charge in [-0.2, -0.15) is 0 Å². The maximum atomic E-state index is 5.19. The third-order valence-electron chi connectivity index (χ3n) is 4.19. The summed E-state index contributed by atoms with van der Waals surface area (Å²) in [5.74, 6) is 0.754. The van der Waals surface area contributed by atoms with Crippen molar-refractivity contribution in [2.45, 2.75) is 52.0 Å². The Hall–Kier alpha value is -0.450. The normalized spacial score (nSPS) is 18.5. The first kappa shape index (κ1) is 14.9. The van der Waals surface area contributed by atoms with Crippen molar-refractivity contribution in [3.63, 3.8) is 0 Å². The van der Waals surface area contributed by atoms with E-state index in [9.17, 15) is 0 Å². The van der Waals surface area contributed by atoms with Crippen LogP contribution in [0, 0.1) is 12.8 Å². The second-order valence-corrected chi connectivity index (χ2v) is 6.60. The van der Waals surface area contributed by atoms with Crippen molar-refractivity contribution in [1.29, 1.82) is 0 Å². The van der Waals surface area contributed by atoms with Gasteiger partial charge in [0.25, 0.3) is 0 Å². The van der Waals surface area contributed by atoms with Crippen LogP contribution in [0.2, 0.25) is 0 Å². The van der Waals surface area contributed by atoms with E-state index in [-0.39, 0.29) is 5.54 Å². The summed E-state index contributed by atoms with van der Waals surface area (Å²) < 4.78 is 5.19. The molecule has 1 saturated carbocycles. The summed E-state index contributed by atoms with van der Waals surface area (Å²) in [6.45, 7) is 8.33. The Morgan fingerprint density at radius 3 is 2.63 bits per heavy atom. The van der Waals surface area contributed by atoms with Crippen LogP contribution < -0.4 is 5.32 Å². The first-order chi connectivity index (χ1) is 9.17. The fraction of sp³-hybridized carbons (Fsp3) is 0.800. The number of aromatic nitrogens is 1. The van der Waals surface area contributed by atoms with Gasteiger partial charge in [0, 0.05) is 18.5 Å². The van der Waals surface area contributed by atoms with Crippen LogP contribution in [0.1, 0.15) is 48.7 Å². The third-order valence-corrected chi connectivity index (χ3v) is 5.38. The maximum absolute atomic E-state index is 5.19. The van der Waals surface area contributed by atoms with E-state index in [1.165, 1.54) is 28.4 Å². The van der Waals surface area contributed by atoms with E-state index < -0.39 is 0 Å². The molecule has 3 nitrogen and oxygen atoms in total. The zero-order valence-electron chi connectivity index (χ0n) is 12.6. The molecule has 0 saturated heterocycles. The smallest absolute Gasteiger partial charge is 0.114 e. The summed E-state index contributed by atoms with van der Waals surface area (Å²) in [5.41, 5.74) is 1.36. The van der Waals surface area contributed by atoms with E-state index >= 15 is 0 Å². The fourth-order valence-electron chi connectivity index (χ4n) is 2.86. The van der Waals surface area contributed by atoms with Gasteiger partial charge < -0.3 is 10.1 Å². The van der Waals surface area contributed by atoms with E-state index in [1.807, 2.05) is 11.3 Å². The molecule has 4 heteroatoms. The molecule has 1 unspecified atom stereocenters. The van der Waals surface area contributed by atoms with E-state index in [1.54, 1.807) is 7.11 Å². The monoisotopic (exact) mass is 282 g/mol. The lowest BCUT2D eigenvalue weighted by atomic mass is 9.90.